The molecule has 0 bridgehead atoms. The van der Waals surface area contributed by atoms with Gasteiger partial charge in [0.25, 0.3) is 0 Å². The Balaban J connectivity index is 2.60. The van der Waals surface area contributed by atoms with Crippen molar-refractivity contribution in [1.29, 1.82) is 0 Å². The fourth-order valence-electron chi connectivity index (χ4n) is 1.67. The van der Waals surface area contributed by atoms with Crippen LogP contribution in [0.2, 0.25) is 0 Å². The van der Waals surface area contributed by atoms with Crippen molar-refractivity contribution in [3.8, 4) is 5.75 Å². The number of fused-ring (bicyclic) bond motifs is 1. The molecule has 1 aliphatic rings. The van der Waals surface area contributed by atoms with E-state index in [9.17, 15) is 4.79 Å². The molecule has 1 aliphatic heterocycles. The minimum absolute atomic E-state index is 0.396. The molecule has 0 spiro atoms. The van der Waals surface area contributed by atoms with Gasteiger partial charge in [0, 0.05) is 5.56 Å². The van der Waals surface area contributed by atoms with Crippen LogP contribution in [0.3, 0.4) is 0 Å². The largest absolute Gasteiger partial charge is 0.496 e. The second kappa shape index (κ2) is 3.95. The molecule has 1 heterocycles. The van der Waals surface area contributed by atoms with Gasteiger partial charge in [-0.05, 0) is 17.7 Å². The van der Waals surface area contributed by atoms with Gasteiger partial charge in [0.2, 0.25) is 0 Å². The van der Waals surface area contributed by atoms with E-state index in [2.05, 4.69) is 5.32 Å². The number of nitrogens with one attached hydrogen (secondary N) is 1. The van der Waals surface area contributed by atoms with Gasteiger partial charge in [-0.2, -0.15) is 0 Å². The first kappa shape index (κ1) is 10.1. The van der Waals surface area contributed by atoms with Gasteiger partial charge in [0.1, 0.15) is 23.2 Å². The van der Waals surface area contributed by atoms with Gasteiger partial charge < -0.3 is 14.8 Å². The van der Waals surface area contributed by atoms with E-state index in [1.54, 1.807) is 13.2 Å². The maximum atomic E-state index is 10.9. The highest BCUT2D eigenvalue weighted by molar-refractivity contribution is 6.31. The number of rotatable bonds is 2. The molecule has 0 saturated heterocycles. The van der Waals surface area contributed by atoms with Crippen LogP contribution in [0, 0.1) is 0 Å². The summed E-state index contributed by atoms with van der Waals surface area (Å²) in [5, 5.41) is 3.32. The number of aldehydes is 1. The zero-order chi connectivity index (χ0) is 10.8. The summed E-state index contributed by atoms with van der Waals surface area (Å²) in [5.74, 6) is 0.721. The molecule has 0 radical (unpaired) electrons. The molecule has 3 nitrogen and oxygen atoms in total. The fraction of sp³-hybridized carbons (Fsp3) is 0.182. The highest BCUT2D eigenvalue weighted by Crippen LogP contribution is 2.32. The minimum atomic E-state index is -0.396. The summed E-state index contributed by atoms with van der Waals surface area (Å²) < 4.78 is 5.21. The van der Waals surface area contributed by atoms with Gasteiger partial charge in [-0.3, -0.25) is 0 Å². The molecule has 1 N–H and O–H groups in total. The van der Waals surface area contributed by atoms with Gasteiger partial charge >= 0.3 is 0 Å². The van der Waals surface area contributed by atoms with Crippen LogP contribution in [0.1, 0.15) is 17.2 Å². The zero-order valence-corrected chi connectivity index (χ0v) is 8.91. The molecule has 0 amide bonds. The van der Waals surface area contributed by atoms with E-state index in [4.69, 9.17) is 16.3 Å². The van der Waals surface area contributed by atoms with Crippen LogP contribution in [0.5, 0.6) is 5.75 Å². The molecule has 78 valence electrons. The van der Waals surface area contributed by atoms with E-state index < -0.39 is 6.04 Å². The summed E-state index contributed by atoms with van der Waals surface area (Å²) in [6.07, 6.45) is 2.59. The van der Waals surface area contributed by atoms with Crippen LogP contribution in [-0.2, 0) is 4.79 Å². The number of methoxy groups -OCH3 is 1. The minimum Gasteiger partial charge on any atom is -0.496 e. The van der Waals surface area contributed by atoms with Crippen molar-refractivity contribution in [2.24, 2.45) is 0 Å². The van der Waals surface area contributed by atoms with Crippen molar-refractivity contribution in [3.05, 3.63) is 34.5 Å². The van der Waals surface area contributed by atoms with Gasteiger partial charge in [-0.25, -0.2) is 0 Å². The number of benzene rings is 1. The number of ether oxygens (including phenoxy) is 1. The van der Waals surface area contributed by atoms with Crippen LogP contribution in [-0.4, -0.2) is 13.4 Å². The van der Waals surface area contributed by atoms with Gasteiger partial charge in [-0.1, -0.05) is 23.7 Å². The maximum Gasteiger partial charge on any atom is 0.146 e. The Morgan fingerprint density at radius 3 is 3.00 bits per heavy atom. The summed E-state index contributed by atoms with van der Waals surface area (Å²) in [6, 6.07) is 5.17. The van der Waals surface area contributed by atoms with Crippen molar-refractivity contribution >= 4 is 24.0 Å². The van der Waals surface area contributed by atoms with Crippen molar-refractivity contribution in [1.82, 2.24) is 5.32 Å². The zero-order valence-electron chi connectivity index (χ0n) is 8.16. The number of hydrogen-bond acceptors (Lipinski definition) is 3. The molecule has 1 aromatic rings. The molecule has 2 rings (SSSR count). The molecule has 4 heteroatoms. The standard InChI is InChI=1S/C11H10ClNO2/c1-15-10-4-2-3-7-8(10)5-11(12)13-9(7)6-14/h2-6,9,13H,1H3. The van der Waals surface area contributed by atoms with Crippen LogP contribution < -0.4 is 10.1 Å². The predicted molar refractivity (Wildman–Crippen MR) is 58.8 cm³/mol. The smallest absolute Gasteiger partial charge is 0.146 e. The Labute approximate surface area is 92.7 Å². The van der Waals surface area contributed by atoms with E-state index in [0.717, 1.165) is 23.2 Å². The van der Waals surface area contributed by atoms with Crippen molar-refractivity contribution < 1.29 is 9.53 Å². The maximum absolute atomic E-state index is 10.9. The summed E-state index contributed by atoms with van der Waals surface area (Å²) in [4.78, 5) is 10.9. The molecular weight excluding hydrogens is 214 g/mol. The highest BCUT2D eigenvalue weighted by Gasteiger charge is 2.21. The van der Waals surface area contributed by atoms with Crippen LogP contribution in [0.15, 0.2) is 23.4 Å². The molecule has 1 aromatic carbocycles. The van der Waals surface area contributed by atoms with Gasteiger partial charge in [-0.15, -0.1) is 0 Å². The molecule has 0 aromatic heterocycles. The lowest BCUT2D eigenvalue weighted by atomic mass is 9.98. The molecule has 1 unspecified atom stereocenters. The summed E-state index contributed by atoms with van der Waals surface area (Å²) >= 11 is 5.88. The van der Waals surface area contributed by atoms with E-state index in [1.807, 2.05) is 18.2 Å². The van der Waals surface area contributed by atoms with E-state index in [0.29, 0.717) is 5.16 Å². The first-order valence-corrected chi connectivity index (χ1v) is 4.90. The number of carbonyl (C=O) groups excluding carboxylic acids is 1. The number of hydrogen-bond donors (Lipinski definition) is 1. The Morgan fingerprint density at radius 2 is 2.33 bits per heavy atom. The molecule has 0 saturated carbocycles. The molecular formula is C11H10ClNO2. The topological polar surface area (TPSA) is 38.3 Å². The lowest BCUT2D eigenvalue weighted by Crippen LogP contribution is -2.23. The number of halogens is 1. The lowest BCUT2D eigenvalue weighted by molar-refractivity contribution is -0.109. The average molecular weight is 224 g/mol. The Kier molecular flexibility index (Phi) is 2.64. The van der Waals surface area contributed by atoms with Crippen molar-refractivity contribution in [2.45, 2.75) is 6.04 Å². The number of carbonyl (C=O) groups is 1. The first-order chi connectivity index (χ1) is 7.26. The Bertz CT molecular complexity index is 429. The fourth-order valence-corrected chi connectivity index (χ4v) is 1.89. The second-order valence-corrected chi connectivity index (χ2v) is 3.62. The summed E-state index contributed by atoms with van der Waals surface area (Å²) in [5.41, 5.74) is 1.75. The normalized spacial score (nSPS) is 18.5. The second-order valence-electron chi connectivity index (χ2n) is 3.21. The van der Waals surface area contributed by atoms with Crippen molar-refractivity contribution in [2.75, 3.05) is 7.11 Å². The molecule has 1 atom stereocenters. The quantitative estimate of drug-likeness (QED) is 0.616. The SMILES string of the molecule is COc1cccc2c1C=C(Cl)NC2C=O. The molecule has 0 aliphatic carbocycles. The highest BCUT2D eigenvalue weighted by atomic mass is 35.5. The third-order valence-corrected chi connectivity index (χ3v) is 2.57. The third-order valence-electron chi connectivity index (χ3n) is 2.36. The van der Waals surface area contributed by atoms with Gasteiger partial charge in [0.15, 0.2) is 0 Å². The Morgan fingerprint density at radius 1 is 1.53 bits per heavy atom. The van der Waals surface area contributed by atoms with E-state index in [-0.39, 0.29) is 0 Å². The van der Waals surface area contributed by atoms with E-state index >= 15 is 0 Å². The molecule has 15 heavy (non-hydrogen) atoms. The van der Waals surface area contributed by atoms with E-state index in [1.165, 1.54) is 0 Å². The summed E-state index contributed by atoms with van der Waals surface area (Å²) in [7, 11) is 1.59. The molecule has 0 fully saturated rings. The Hall–Kier alpha value is -1.48. The monoisotopic (exact) mass is 223 g/mol. The summed E-state index contributed by atoms with van der Waals surface area (Å²) in [6.45, 7) is 0. The predicted octanol–water partition coefficient (Wildman–Crippen LogP) is 2.08. The van der Waals surface area contributed by atoms with Crippen LogP contribution in [0.4, 0.5) is 0 Å². The average Bonchev–Trinajstić information content (AvgIpc) is 2.27. The van der Waals surface area contributed by atoms with Gasteiger partial charge in [0.05, 0.1) is 7.11 Å². The third kappa shape index (κ3) is 1.70. The van der Waals surface area contributed by atoms with Crippen molar-refractivity contribution in [3.63, 3.8) is 0 Å². The lowest BCUT2D eigenvalue weighted by Gasteiger charge is -2.22. The van der Waals surface area contributed by atoms with Crippen LogP contribution >= 0.6 is 11.6 Å². The van der Waals surface area contributed by atoms with Crippen LogP contribution in [0.25, 0.3) is 6.08 Å². The first-order valence-electron chi connectivity index (χ1n) is 4.52.